The minimum absolute atomic E-state index is 0.00953. The number of hydrogen-bond acceptors (Lipinski definition) is 6. The van der Waals surface area contributed by atoms with Crippen LogP contribution < -0.4 is 0 Å². The van der Waals surface area contributed by atoms with Crippen molar-refractivity contribution in [1.82, 2.24) is 0 Å². The van der Waals surface area contributed by atoms with Gasteiger partial charge in [0.05, 0.1) is 18.8 Å². The van der Waals surface area contributed by atoms with Gasteiger partial charge in [-0.1, -0.05) is 18.0 Å². The van der Waals surface area contributed by atoms with Gasteiger partial charge in [0.1, 0.15) is 14.4 Å². The van der Waals surface area contributed by atoms with Crippen LogP contribution >= 0.6 is 19.9 Å². The summed E-state index contributed by atoms with van der Waals surface area (Å²) < 4.78 is 28.8. The Labute approximate surface area is 143 Å². The zero-order valence-electron chi connectivity index (χ0n) is 14.3. The molecule has 0 aliphatic carbocycles. The molecule has 0 heterocycles. The van der Waals surface area contributed by atoms with Gasteiger partial charge in [-0.25, -0.2) is 0 Å². The normalized spacial score (nSPS) is 17.3. The molecule has 0 aromatic heterocycles. The highest BCUT2D eigenvalue weighted by Gasteiger charge is 2.25. The average molecular weight is 349 g/mol. The van der Waals surface area contributed by atoms with Crippen LogP contribution in [-0.2, 0) is 18.2 Å². The molecule has 0 aromatic rings. The highest BCUT2D eigenvalue weighted by Crippen LogP contribution is 2.27. The summed E-state index contributed by atoms with van der Waals surface area (Å²) in [6.07, 6.45) is 3.15. The van der Waals surface area contributed by atoms with Crippen LogP contribution in [0.15, 0.2) is 12.7 Å². The van der Waals surface area contributed by atoms with Crippen LogP contribution in [-0.4, -0.2) is 67.1 Å². The summed E-state index contributed by atoms with van der Waals surface area (Å²) in [5.41, 5.74) is 0. The molecule has 5 nitrogen and oxygen atoms in total. The molecule has 4 atom stereocenters. The van der Waals surface area contributed by atoms with Gasteiger partial charge in [0, 0.05) is 26.1 Å². The first-order valence-corrected chi connectivity index (χ1v) is 9.62. The predicted octanol–water partition coefficient (Wildman–Crippen LogP) is 1.92. The molecule has 0 fully saturated rings. The van der Waals surface area contributed by atoms with Crippen LogP contribution in [0.3, 0.4) is 0 Å². The van der Waals surface area contributed by atoms with E-state index in [0.717, 1.165) is 19.0 Å². The van der Waals surface area contributed by atoms with Crippen molar-refractivity contribution in [3.8, 4) is 0 Å². The zero-order chi connectivity index (χ0) is 17.5. The summed E-state index contributed by atoms with van der Waals surface area (Å²) >= 11 is 0.964. The molecule has 1 N–H and O–H groups in total. The molecular formula is C13H26B2O5PS. The Morgan fingerprint density at radius 2 is 2.36 bits per heavy atom. The van der Waals surface area contributed by atoms with Crippen molar-refractivity contribution < 1.29 is 23.3 Å². The number of aliphatic hydroxyl groups excluding tert-OH is 1. The van der Waals surface area contributed by atoms with Gasteiger partial charge in [-0.2, -0.15) is 0 Å². The van der Waals surface area contributed by atoms with E-state index < -0.39 is 8.03 Å². The van der Waals surface area contributed by atoms with Crippen LogP contribution in [0.5, 0.6) is 0 Å². The fourth-order valence-corrected chi connectivity index (χ4v) is 2.71. The molecule has 0 saturated carbocycles. The molecule has 125 valence electrons. The molecule has 0 bridgehead atoms. The number of aliphatic hydroxyl groups is 1. The lowest BCUT2D eigenvalue weighted by Gasteiger charge is -2.28. The molecule has 9 heteroatoms. The predicted molar refractivity (Wildman–Crippen MR) is 95.5 cm³/mol. The van der Waals surface area contributed by atoms with Crippen molar-refractivity contribution in [2.45, 2.75) is 31.5 Å². The fourth-order valence-electron chi connectivity index (χ4n) is 1.98. The molecule has 0 spiro atoms. The van der Waals surface area contributed by atoms with E-state index in [1.54, 1.807) is 13.2 Å². The average Bonchev–Trinajstić information content (AvgIpc) is 2.53. The second kappa shape index (κ2) is 15.0. The Hall–Kier alpha value is 0.450. The van der Waals surface area contributed by atoms with E-state index in [4.69, 9.17) is 27.1 Å². The van der Waals surface area contributed by atoms with Crippen molar-refractivity contribution in [1.29, 1.82) is 1.34 Å². The van der Waals surface area contributed by atoms with E-state index in [2.05, 4.69) is 6.58 Å². The van der Waals surface area contributed by atoms with E-state index in [1.165, 1.54) is 0 Å². The molecule has 0 aromatic carbocycles. The first kappa shape index (κ1) is 20.5. The first-order chi connectivity index (χ1) is 11.1. The second-order valence-electron chi connectivity index (χ2n) is 4.80. The van der Waals surface area contributed by atoms with Gasteiger partial charge in [0.15, 0.2) is 0 Å². The van der Waals surface area contributed by atoms with E-state index in [0.29, 0.717) is 25.9 Å². The first-order valence-electron chi connectivity index (χ1n) is 7.62. The molecule has 0 saturated heterocycles. The van der Waals surface area contributed by atoms with Crippen molar-refractivity contribution in [2.75, 3.05) is 33.8 Å². The number of hydrogen-bond donors (Lipinski definition) is 1. The Bertz CT molecular complexity index is 295. The Morgan fingerprint density at radius 1 is 1.59 bits per heavy atom. The summed E-state index contributed by atoms with van der Waals surface area (Å²) in [6, 6.07) is 0. The number of methoxy groups -OCH3 is 1. The Kier molecular flexibility index (Phi) is 14.0. The Morgan fingerprint density at radius 3 is 2.91 bits per heavy atom. The zero-order valence-corrected chi connectivity index (χ0v) is 15.1. The maximum absolute atomic E-state index is 9.58. The highest BCUT2D eigenvalue weighted by atomic mass is 32.2. The molecular weight excluding hydrogens is 321 g/mol. The molecule has 0 rings (SSSR count). The van der Waals surface area contributed by atoms with E-state index in [-0.39, 0.29) is 31.5 Å². The molecule has 0 amide bonds. The molecule has 0 aliphatic heterocycles. The SMILES string of the molecule is [3H][B]SO[C@H](CCOP([B])C)C[C@@H](OCOC)[C@@H](CO)CC=C. The van der Waals surface area contributed by atoms with E-state index >= 15 is 0 Å². The monoisotopic (exact) mass is 349 g/mol. The molecule has 22 heavy (non-hydrogen) atoms. The van der Waals surface area contributed by atoms with Crippen LogP contribution in [0.25, 0.3) is 0 Å². The standard InChI is InChI=1S/C13H26B2O5PS/c1-4-5-11(9-16)13(18-10-17-2)8-12(20-22-15)6-7-19-21(3)14/h4,11-13,15-16H,1,5-10H2,2-3H3/t11-,12-,13-,21?/m1/s1/i15T. The van der Waals surface area contributed by atoms with E-state index in [9.17, 15) is 5.11 Å². The minimum atomic E-state index is -0.907. The minimum Gasteiger partial charge on any atom is -0.396 e. The lowest BCUT2D eigenvalue weighted by molar-refractivity contribution is -0.108. The van der Waals surface area contributed by atoms with Crippen molar-refractivity contribution in [3.05, 3.63) is 12.7 Å². The number of allylic oxidation sites excluding steroid dienone is 1. The summed E-state index contributed by atoms with van der Waals surface area (Å²) in [7, 11) is 7.40. The lowest BCUT2D eigenvalue weighted by atomic mass is 9.94. The molecule has 0 aliphatic rings. The van der Waals surface area contributed by atoms with Crippen LogP contribution in [0.1, 0.15) is 19.3 Å². The lowest BCUT2D eigenvalue weighted by Crippen LogP contribution is -2.32. The smallest absolute Gasteiger partial charge is 0.209 e. The fraction of sp³-hybridized carbons (Fsp3) is 0.846. The van der Waals surface area contributed by atoms with Gasteiger partial charge < -0.3 is 23.3 Å². The van der Waals surface area contributed by atoms with Gasteiger partial charge in [0.2, 0.25) is 7.09 Å². The Balaban J connectivity index is 4.67. The van der Waals surface area contributed by atoms with Gasteiger partial charge in [-0.05, 0) is 28.9 Å². The van der Waals surface area contributed by atoms with Gasteiger partial charge >= 0.3 is 0 Å². The highest BCUT2D eigenvalue weighted by molar-refractivity contribution is 8.15. The third kappa shape index (κ3) is 11.1. The molecule has 1 unspecified atom stereocenters. The van der Waals surface area contributed by atoms with Crippen molar-refractivity contribution >= 4 is 34.6 Å². The van der Waals surface area contributed by atoms with Gasteiger partial charge in [-0.3, -0.25) is 0 Å². The number of rotatable bonds is 16. The van der Waals surface area contributed by atoms with Crippen molar-refractivity contribution in [3.63, 3.8) is 0 Å². The van der Waals surface area contributed by atoms with Crippen LogP contribution in [0.2, 0.25) is 0 Å². The summed E-state index contributed by atoms with van der Waals surface area (Å²) in [6.45, 7) is 6.15. The number of ether oxygens (including phenoxy) is 2. The van der Waals surface area contributed by atoms with Crippen molar-refractivity contribution in [2.24, 2.45) is 5.92 Å². The summed E-state index contributed by atoms with van der Waals surface area (Å²) in [5, 5.41) is 9.58. The maximum atomic E-state index is 9.58. The quantitative estimate of drug-likeness (QED) is 0.151. The van der Waals surface area contributed by atoms with E-state index in [1.807, 2.05) is 6.66 Å². The third-order valence-electron chi connectivity index (χ3n) is 3.05. The van der Waals surface area contributed by atoms with Crippen LogP contribution in [0.4, 0.5) is 0 Å². The topological polar surface area (TPSA) is 57.2 Å². The molecule has 3 radical (unpaired) electrons. The van der Waals surface area contributed by atoms with Gasteiger partial charge in [0.25, 0.3) is 0 Å². The maximum Gasteiger partial charge on any atom is 0.209 e. The third-order valence-corrected chi connectivity index (χ3v) is 4.02. The van der Waals surface area contributed by atoms with Gasteiger partial charge in [-0.15, -0.1) is 6.58 Å². The second-order valence-corrected chi connectivity index (χ2v) is 6.53. The van der Waals surface area contributed by atoms with Crippen LogP contribution in [0, 0.1) is 5.92 Å². The summed E-state index contributed by atoms with van der Waals surface area (Å²) in [5.74, 6) is -0.0857. The largest absolute Gasteiger partial charge is 0.396 e. The summed E-state index contributed by atoms with van der Waals surface area (Å²) in [4.78, 5) is 0.